The number of furan rings is 1. The molecule has 0 spiro atoms. The summed E-state index contributed by atoms with van der Waals surface area (Å²) in [5.41, 5.74) is 3.01. The number of fused-ring (bicyclic) bond motifs is 1. The van der Waals surface area contributed by atoms with Crippen LogP contribution in [0.25, 0.3) is 28.2 Å². The molecule has 1 aromatic carbocycles. The van der Waals surface area contributed by atoms with Crippen LogP contribution in [-0.2, 0) is 6.61 Å². The van der Waals surface area contributed by atoms with Crippen molar-refractivity contribution in [3.05, 3.63) is 54.7 Å². The van der Waals surface area contributed by atoms with Gasteiger partial charge in [0.1, 0.15) is 17.9 Å². The van der Waals surface area contributed by atoms with Crippen molar-refractivity contribution in [2.24, 2.45) is 0 Å². The second-order valence-electron chi connectivity index (χ2n) is 5.38. The molecule has 25 heavy (non-hydrogen) atoms. The van der Waals surface area contributed by atoms with Gasteiger partial charge in [-0.15, -0.1) is 5.10 Å². The van der Waals surface area contributed by atoms with Gasteiger partial charge in [0.15, 0.2) is 17.2 Å². The van der Waals surface area contributed by atoms with Crippen LogP contribution in [0.4, 0.5) is 0 Å². The minimum absolute atomic E-state index is 0.243. The highest BCUT2D eigenvalue weighted by molar-refractivity contribution is 5.77. The van der Waals surface area contributed by atoms with Crippen LogP contribution in [0.3, 0.4) is 0 Å². The SMILES string of the molecule is CCOc1ccc(-n2nc(CO)nc2-c2cnc3ccoc3c2)cc1. The number of rotatable bonds is 5. The molecule has 0 radical (unpaired) electrons. The molecule has 0 fully saturated rings. The van der Waals surface area contributed by atoms with Crippen molar-refractivity contribution in [2.45, 2.75) is 13.5 Å². The van der Waals surface area contributed by atoms with Gasteiger partial charge >= 0.3 is 0 Å². The average molecular weight is 336 g/mol. The zero-order valence-corrected chi connectivity index (χ0v) is 13.6. The van der Waals surface area contributed by atoms with Gasteiger partial charge in [-0.25, -0.2) is 9.67 Å². The summed E-state index contributed by atoms with van der Waals surface area (Å²) >= 11 is 0. The summed E-state index contributed by atoms with van der Waals surface area (Å²) < 4.78 is 12.6. The van der Waals surface area contributed by atoms with Crippen molar-refractivity contribution in [1.29, 1.82) is 0 Å². The monoisotopic (exact) mass is 336 g/mol. The molecule has 0 aliphatic rings. The van der Waals surface area contributed by atoms with Gasteiger partial charge in [0, 0.05) is 17.8 Å². The summed E-state index contributed by atoms with van der Waals surface area (Å²) in [6.45, 7) is 2.31. The van der Waals surface area contributed by atoms with Crippen LogP contribution in [-0.4, -0.2) is 31.5 Å². The van der Waals surface area contributed by atoms with E-state index < -0.39 is 0 Å². The highest BCUT2D eigenvalue weighted by atomic mass is 16.5. The Morgan fingerprint density at radius 1 is 1.20 bits per heavy atom. The first kappa shape index (κ1) is 15.3. The summed E-state index contributed by atoms with van der Waals surface area (Å²) in [6.07, 6.45) is 3.31. The van der Waals surface area contributed by atoms with Gasteiger partial charge < -0.3 is 14.3 Å². The van der Waals surface area contributed by atoms with Crippen LogP contribution in [0.1, 0.15) is 12.7 Å². The molecule has 0 atom stereocenters. The van der Waals surface area contributed by atoms with Crippen LogP contribution in [0.2, 0.25) is 0 Å². The molecule has 0 amide bonds. The number of aliphatic hydroxyl groups excluding tert-OH is 1. The van der Waals surface area contributed by atoms with Crippen LogP contribution < -0.4 is 4.74 Å². The molecular weight excluding hydrogens is 320 g/mol. The van der Waals surface area contributed by atoms with Crippen molar-refractivity contribution in [3.8, 4) is 22.8 Å². The summed E-state index contributed by atoms with van der Waals surface area (Å²) in [7, 11) is 0. The zero-order chi connectivity index (χ0) is 17.2. The second-order valence-corrected chi connectivity index (χ2v) is 5.38. The van der Waals surface area contributed by atoms with E-state index in [1.165, 1.54) is 0 Å². The number of pyridine rings is 1. The Hall–Kier alpha value is -3.19. The normalized spacial score (nSPS) is 11.1. The van der Waals surface area contributed by atoms with Gasteiger partial charge in [-0.2, -0.15) is 0 Å². The molecule has 0 aliphatic carbocycles. The Balaban J connectivity index is 1.80. The van der Waals surface area contributed by atoms with Crippen molar-refractivity contribution in [2.75, 3.05) is 6.61 Å². The van der Waals surface area contributed by atoms with E-state index >= 15 is 0 Å². The third-order valence-corrected chi connectivity index (χ3v) is 3.75. The van der Waals surface area contributed by atoms with Gasteiger partial charge in [-0.05, 0) is 37.3 Å². The van der Waals surface area contributed by atoms with E-state index in [-0.39, 0.29) is 6.61 Å². The Morgan fingerprint density at radius 3 is 2.80 bits per heavy atom. The maximum atomic E-state index is 9.43. The van der Waals surface area contributed by atoms with Crippen LogP contribution in [0.5, 0.6) is 5.75 Å². The third-order valence-electron chi connectivity index (χ3n) is 3.75. The van der Waals surface area contributed by atoms with E-state index in [2.05, 4.69) is 15.1 Å². The molecule has 0 saturated heterocycles. The van der Waals surface area contributed by atoms with E-state index in [9.17, 15) is 5.11 Å². The first-order valence-corrected chi connectivity index (χ1v) is 7.92. The molecule has 3 aromatic heterocycles. The topological polar surface area (TPSA) is 86.2 Å². The van der Waals surface area contributed by atoms with E-state index in [0.717, 1.165) is 22.5 Å². The number of hydrogen-bond acceptors (Lipinski definition) is 6. The molecule has 1 N–H and O–H groups in total. The quantitative estimate of drug-likeness (QED) is 0.603. The van der Waals surface area contributed by atoms with E-state index in [0.29, 0.717) is 23.8 Å². The van der Waals surface area contributed by atoms with Crippen LogP contribution in [0.15, 0.2) is 53.3 Å². The minimum atomic E-state index is -0.243. The highest BCUT2D eigenvalue weighted by Crippen LogP contribution is 2.25. The summed E-state index contributed by atoms with van der Waals surface area (Å²) in [4.78, 5) is 8.78. The van der Waals surface area contributed by atoms with Crippen LogP contribution >= 0.6 is 0 Å². The molecule has 0 aliphatic heterocycles. The van der Waals surface area contributed by atoms with Gasteiger partial charge in [-0.3, -0.25) is 4.98 Å². The fraction of sp³-hybridized carbons (Fsp3) is 0.167. The van der Waals surface area contributed by atoms with Crippen LogP contribution in [0, 0.1) is 0 Å². The first-order valence-electron chi connectivity index (χ1n) is 7.92. The smallest absolute Gasteiger partial charge is 0.177 e. The number of hydrogen-bond donors (Lipinski definition) is 1. The number of aliphatic hydroxyl groups is 1. The lowest BCUT2D eigenvalue weighted by Gasteiger charge is -2.07. The molecule has 0 bridgehead atoms. The lowest BCUT2D eigenvalue weighted by Crippen LogP contribution is -2.00. The lowest BCUT2D eigenvalue weighted by molar-refractivity contribution is 0.271. The number of nitrogens with zero attached hydrogens (tertiary/aromatic N) is 4. The highest BCUT2D eigenvalue weighted by Gasteiger charge is 2.15. The van der Waals surface area contributed by atoms with Gasteiger partial charge in [0.25, 0.3) is 0 Å². The van der Waals surface area contributed by atoms with E-state index in [1.807, 2.05) is 37.3 Å². The molecular formula is C18H16N4O3. The average Bonchev–Trinajstić information content (AvgIpc) is 3.28. The van der Waals surface area contributed by atoms with E-state index in [1.54, 1.807) is 23.2 Å². The van der Waals surface area contributed by atoms with E-state index in [4.69, 9.17) is 9.15 Å². The Kier molecular flexibility index (Phi) is 3.91. The first-order chi connectivity index (χ1) is 12.3. The standard InChI is InChI=1S/C18H16N4O3/c1-2-24-14-5-3-13(4-6-14)22-18(20-17(11-23)21-22)12-9-16-15(19-10-12)7-8-25-16/h3-10,23H,2,11H2,1H3. The fourth-order valence-electron chi connectivity index (χ4n) is 2.61. The van der Waals surface area contributed by atoms with Crippen molar-refractivity contribution in [1.82, 2.24) is 19.7 Å². The van der Waals surface area contributed by atoms with Gasteiger partial charge in [0.05, 0.1) is 18.6 Å². The number of benzene rings is 1. The molecule has 4 aromatic rings. The molecule has 126 valence electrons. The lowest BCUT2D eigenvalue weighted by atomic mass is 10.2. The zero-order valence-electron chi connectivity index (χ0n) is 13.6. The molecule has 4 rings (SSSR count). The molecule has 0 unspecified atom stereocenters. The van der Waals surface area contributed by atoms with Gasteiger partial charge in [0.2, 0.25) is 0 Å². The summed E-state index contributed by atoms with van der Waals surface area (Å²) in [5, 5.41) is 13.8. The second kappa shape index (κ2) is 6.37. The van der Waals surface area contributed by atoms with Gasteiger partial charge in [-0.1, -0.05) is 0 Å². The summed E-state index contributed by atoms with van der Waals surface area (Å²) in [5.74, 6) is 1.71. The van der Waals surface area contributed by atoms with Crippen molar-refractivity contribution >= 4 is 11.1 Å². The predicted octanol–water partition coefficient (Wildman–Crippen LogP) is 2.97. The molecule has 7 heteroatoms. The summed E-state index contributed by atoms with van der Waals surface area (Å²) in [6, 6.07) is 11.2. The van der Waals surface area contributed by atoms with Crippen molar-refractivity contribution < 1.29 is 14.3 Å². The Labute approximate surface area is 143 Å². The fourth-order valence-corrected chi connectivity index (χ4v) is 2.61. The predicted molar refractivity (Wildman–Crippen MR) is 91.5 cm³/mol. The number of ether oxygens (including phenoxy) is 1. The Bertz CT molecular complexity index is 1000. The maximum absolute atomic E-state index is 9.43. The number of aromatic nitrogens is 4. The Morgan fingerprint density at radius 2 is 2.04 bits per heavy atom. The minimum Gasteiger partial charge on any atom is -0.494 e. The molecule has 7 nitrogen and oxygen atoms in total. The maximum Gasteiger partial charge on any atom is 0.177 e. The molecule has 0 saturated carbocycles. The largest absolute Gasteiger partial charge is 0.494 e. The molecule has 3 heterocycles. The van der Waals surface area contributed by atoms with Crippen molar-refractivity contribution in [3.63, 3.8) is 0 Å². The third kappa shape index (κ3) is 2.85.